The molecule has 6 nitrogen and oxygen atoms in total. The minimum Gasteiger partial charge on any atom is -0.350 e. The highest BCUT2D eigenvalue weighted by Gasteiger charge is 2.15. The molecular formula is C15H20FN3O3. The molecule has 0 fully saturated rings. The van der Waals surface area contributed by atoms with Crippen molar-refractivity contribution >= 4 is 17.7 Å². The predicted octanol–water partition coefficient (Wildman–Crippen LogP) is 0.586. The summed E-state index contributed by atoms with van der Waals surface area (Å²) in [5.74, 6) is -2.22. The van der Waals surface area contributed by atoms with Crippen molar-refractivity contribution in [3.63, 3.8) is 0 Å². The molecule has 1 aromatic carbocycles. The van der Waals surface area contributed by atoms with Crippen LogP contribution in [-0.2, 0) is 9.59 Å². The average molecular weight is 309 g/mol. The normalized spacial score (nSPS) is 10.7. The van der Waals surface area contributed by atoms with Gasteiger partial charge in [-0.05, 0) is 32.9 Å². The third-order valence-corrected chi connectivity index (χ3v) is 2.49. The third kappa shape index (κ3) is 6.34. The Morgan fingerprint density at radius 3 is 2.18 bits per heavy atom. The molecule has 0 aromatic heterocycles. The zero-order chi connectivity index (χ0) is 16.8. The summed E-state index contributed by atoms with van der Waals surface area (Å²) in [4.78, 5) is 34.7. The minimum absolute atomic E-state index is 0.138. The summed E-state index contributed by atoms with van der Waals surface area (Å²) in [6.07, 6.45) is 0. The highest BCUT2D eigenvalue weighted by atomic mass is 19.1. The molecule has 0 radical (unpaired) electrons. The summed E-state index contributed by atoms with van der Waals surface area (Å²) >= 11 is 0. The van der Waals surface area contributed by atoms with Gasteiger partial charge < -0.3 is 16.0 Å². The summed E-state index contributed by atoms with van der Waals surface area (Å²) in [6.45, 7) is 4.94. The predicted molar refractivity (Wildman–Crippen MR) is 79.6 cm³/mol. The number of carbonyl (C=O) groups excluding carboxylic acids is 3. The Morgan fingerprint density at radius 1 is 1.00 bits per heavy atom. The Balaban J connectivity index is 2.36. The fourth-order valence-corrected chi connectivity index (χ4v) is 1.60. The van der Waals surface area contributed by atoms with Crippen LogP contribution >= 0.6 is 0 Å². The van der Waals surface area contributed by atoms with Gasteiger partial charge in [0.15, 0.2) is 0 Å². The van der Waals surface area contributed by atoms with Crippen molar-refractivity contribution in [2.75, 3.05) is 13.1 Å². The summed E-state index contributed by atoms with van der Waals surface area (Å²) in [5.41, 5.74) is -0.526. The molecule has 120 valence electrons. The van der Waals surface area contributed by atoms with E-state index in [0.29, 0.717) is 0 Å². The number of rotatable bonds is 5. The van der Waals surface area contributed by atoms with Crippen molar-refractivity contribution in [1.82, 2.24) is 16.0 Å². The van der Waals surface area contributed by atoms with E-state index in [2.05, 4.69) is 16.0 Å². The molecule has 0 unspecified atom stereocenters. The maximum absolute atomic E-state index is 13.4. The first-order valence-corrected chi connectivity index (χ1v) is 6.79. The van der Waals surface area contributed by atoms with Gasteiger partial charge in [0.2, 0.25) is 11.8 Å². The molecule has 7 heteroatoms. The second-order valence-corrected chi connectivity index (χ2v) is 5.74. The van der Waals surface area contributed by atoms with E-state index in [4.69, 9.17) is 0 Å². The second kappa shape index (κ2) is 7.53. The lowest BCUT2D eigenvalue weighted by Gasteiger charge is -2.20. The highest BCUT2D eigenvalue weighted by Crippen LogP contribution is 2.05. The summed E-state index contributed by atoms with van der Waals surface area (Å²) in [5, 5.41) is 7.34. The van der Waals surface area contributed by atoms with Crippen LogP contribution in [0.1, 0.15) is 31.1 Å². The lowest BCUT2D eigenvalue weighted by Crippen LogP contribution is -2.47. The van der Waals surface area contributed by atoms with Crippen LogP contribution in [0.5, 0.6) is 0 Å². The number of nitrogens with one attached hydrogen (secondary N) is 3. The SMILES string of the molecule is CC(C)(C)NC(=O)CNC(=O)CNC(=O)c1ccccc1F. The van der Waals surface area contributed by atoms with Gasteiger partial charge in [-0.15, -0.1) is 0 Å². The van der Waals surface area contributed by atoms with Gasteiger partial charge in [0.05, 0.1) is 18.7 Å². The van der Waals surface area contributed by atoms with E-state index in [9.17, 15) is 18.8 Å². The molecule has 1 rings (SSSR count). The van der Waals surface area contributed by atoms with Crippen molar-refractivity contribution in [3.05, 3.63) is 35.6 Å². The molecule has 0 atom stereocenters. The molecule has 0 saturated carbocycles. The number of halogens is 1. The van der Waals surface area contributed by atoms with Gasteiger partial charge >= 0.3 is 0 Å². The van der Waals surface area contributed by atoms with Crippen LogP contribution in [0, 0.1) is 5.82 Å². The number of carbonyl (C=O) groups is 3. The largest absolute Gasteiger partial charge is 0.350 e. The van der Waals surface area contributed by atoms with Crippen LogP contribution in [0.3, 0.4) is 0 Å². The molecular weight excluding hydrogens is 289 g/mol. The lowest BCUT2D eigenvalue weighted by molar-refractivity contribution is -0.126. The molecule has 0 spiro atoms. The van der Waals surface area contributed by atoms with Crippen molar-refractivity contribution in [2.24, 2.45) is 0 Å². The van der Waals surface area contributed by atoms with Crippen molar-refractivity contribution in [3.8, 4) is 0 Å². The fourth-order valence-electron chi connectivity index (χ4n) is 1.60. The van der Waals surface area contributed by atoms with E-state index >= 15 is 0 Å². The van der Waals surface area contributed by atoms with Crippen LogP contribution in [0.2, 0.25) is 0 Å². The monoisotopic (exact) mass is 309 g/mol. The van der Waals surface area contributed by atoms with Gasteiger partial charge in [0.25, 0.3) is 5.91 Å². The van der Waals surface area contributed by atoms with E-state index in [0.717, 1.165) is 6.07 Å². The average Bonchev–Trinajstić information content (AvgIpc) is 2.41. The van der Waals surface area contributed by atoms with Crippen molar-refractivity contribution < 1.29 is 18.8 Å². The molecule has 0 saturated heterocycles. The molecule has 0 aliphatic heterocycles. The van der Waals surface area contributed by atoms with Gasteiger partial charge in [-0.2, -0.15) is 0 Å². The second-order valence-electron chi connectivity index (χ2n) is 5.74. The van der Waals surface area contributed by atoms with Crippen LogP contribution in [0.25, 0.3) is 0 Å². The molecule has 0 bridgehead atoms. The van der Waals surface area contributed by atoms with Gasteiger partial charge in [-0.3, -0.25) is 14.4 Å². The molecule has 0 heterocycles. The molecule has 0 aliphatic rings. The molecule has 22 heavy (non-hydrogen) atoms. The maximum Gasteiger partial charge on any atom is 0.254 e. The number of hydrogen-bond acceptors (Lipinski definition) is 3. The smallest absolute Gasteiger partial charge is 0.254 e. The molecule has 3 amide bonds. The Morgan fingerprint density at radius 2 is 1.59 bits per heavy atom. The van der Waals surface area contributed by atoms with Crippen molar-refractivity contribution in [1.29, 1.82) is 0 Å². The maximum atomic E-state index is 13.4. The van der Waals surface area contributed by atoms with E-state index in [1.165, 1.54) is 18.2 Å². The first-order chi connectivity index (χ1) is 10.2. The van der Waals surface area contributed by atoms with Gasteiger partial charge in [0.1, 0.15) is 5.82 Å². The van der Waals surface area contributed by atoms with Crippen LogP contribution in [0.4, 0.5) is 4.39 Å². The van der Waals surface area contributed by atoms with Crippen molar-refractivity contribution in [2.45, 2.75) is 26.3 Å². The number of benzene rings is 1. The zero-order valence-electron chi connectivity index (χ0n) is 12.8. The van der Waals surface area contributed by atoms with E-state index < -0.39 is 17.6 Å². The number of amides is 3. The Kier molecular flexibility index (Phi) is 6.03. The van der Waals surface area contributed by atoms with E-state index in [-0.39, 0.29) is 30.1 Å². The molecule has 1 aromatic rings. The zero-order valence-corrected chi connectivity index (χ0v) is 12.8. The Hall–Kier alpha value is -2.44. The summed E-state index contributed by atoms with van der Waals surface area (Å²) < 4.78 is 13.4. The minimum atomic E-state index is -0.688. The van der Waals surface area contributed by atoms with Crippen LogP contribution in [-0.4, -0.2) is 36.3 Å². The quantitative estimate of drug-likeness (QED) is 0.744. The first-order valence-electron chi connectivity index (χ1n) is 6.79. The van der Waals surface area contributed by atoms with Crippen LogP contribution in [0.15, 0.2) is 24.3 Å². The van der Waals surface area contributed by atoms with Crippen LogP contribution < -0.4 is 16.0 Å². The van der Waals surface area contributed by atoms with Gasteiger partial charge in [-0.25, -0.2) is 4.39 Å². The Labute approximate surface area is 128 Å². The Bertz CT molecular complexity index is 567. The third-order valence-electron chi connectivity index (χ3n) is 2.49. The topological polar surface area (TPSA) is 87.3 Å². The van der Waals surface area contributed by atoms with Gasteiger partial charge in [0, 0.05) is 5.54 Å². The van der Waals surface area contributed by atoms with E-state index in [1.54, 1.807) is 0 Å². The summed E-state index contributed by atoms with van der Waals surface area (Å²) in [6, 6.07) is 5.47. The van der Waals surface area contributed by atoms with Gasteiger partial charge in [-0.1, -0.05) is 12.1 Å². The molecule has 0 aliphatic carbocycles. The highest BCUT2D eigenvalue weighted by molar-refractivity contribution is 5.97. The van der Waals surface area contributed by atoms with E-state index in [1.807, 2.05) is 20.8 Å². The lowest BCUT2D eigenvalue weighted by atomic mass is 10.1. The summed E-state index contributed by atoms with van der Waals surface area (Å²) in [7, 11) is 0. The fraction of sp³-hybridized carbons (Fsp3) is 0.400. The first kappa shape index (κ1) is 17.6. The molecule has 3 N–H and O–H groups in total. The number of hydrogen-bond donors (Lipinski definition) is 3. The standard InChI is InChI=1S/C15H20FN3O3/c1-15(2,3)19-13(21)9-17-12(20)8-18-14(22)10-6-4-5-7-11(10)16/h4-7H,8-9H2,1-3H3,(H,17,20)(H,18,22)(H,19,21).